The molecule has 120 valence electrons. The van der Waals surface area contributed by atoms with E-state index in [0.717, 1.165) is 23.8 Å². The van der Waals surface area contributed by atoms with Gasteiger partial charge in [0.2, 0.25) is 5.89 Å². The van der Waals surface area contributed by atoms with Crippen molar-refractivity contribution in [2.45, 2.75) is 67.0 Å². The third kappa shape index (κ3) is 6.65. The Hall–Kier alpha value is -1.52. The zero-order chi connectivity index (χ0) is 16.0. The van der Waals surface area contributed by atoms with Crippen molar-refractivity contribution in [1.82, 2.24) is 15.6 Å². The molecule has 1 rings (SSSR count). The molecule has 0 aliphatic heterocycles. The standard InChI is InChI=1S/C16H30N4O/c1-11(8-9-16(4,5)6)19-15(17-7)18-10-14-20-12(2)13(3)21-14/h11H,8-10H2,1-7H3,(H2,17,18,19). The second-order valence-electron chi connectivity index (χ2n) is 6.82. The number of aliphatic imine (C=N–C) groups is 1. The van der Waals surface area contributed by atoms with Crippen LogP contribution in [0.4, 0.5) is 0 Å². The maximum absolute atomic E-state index is 5.55. The van der Waals surface area contributed by atoms with E-state index in [-0.39, 0.29) is 0 Å². The molecule has 1 heterocycles. The van der Waals surface area contributed by atoms with E-state index in [4.69, 9.17) is 4.42 Å². The Morgan fingerprint density at radius 2 is 2.00 bits per heavy atom. The molecule has 1 aromatic heterocycles. The van der Waals surface area contributed by atoms with Gasteiger partial charge in [0.25, 0.3) is 0 Å². The van der Waals surface area contributed by atoms with E-state index in [1.54, 1.807) is 7.05 Å². The first-order chi connectivity index (χ1) is 9.71. The highest BCUT2D eigenvalue weighted by atomic mass is 16.4. The highest BCUT2D eigenvalue weighted by Gasteiger charge is 2.13. The molecule has 1 atom stereocenters. The first-order valence-electron chi connectivity index (χ1n) is 7.61. The Morgan fingerprint density at radius 1 is 1.33 bits per heavy atom. The summed E-state index contributed by atoms with van der Waals surface area (Å²) in [5.41, 5.74) is 1.30. The van der Waals surface area contributed by atoms with Gasteiger partial charge in [-0.15, -0.1) is 0 Å². The van der Waals surface area contributed by atoms with Gasteiger partial charge in [-0.25, -0.2) is 4.98 Å². The van der Waals surface area contributed by atoms with Crippen molar-refractivity contribution in [3.63, 3.8) is 0 Å². The van der Waals surface area contributed by atoms with Gasteiger partial charge >= 0.3 is 0 Å². The molecule has 0 bridgehead atoms. The lowest BCUT2D eigenvalue weighted by atomic mass is 9.89. The minimum Gasteiger partial charge on any atom is -0.444 e. The summed E-state index contributed by atoms with van der Waals surface area (Å²) in [7, 11) is 1.78. The maximum atomic E-state index is 5.55. The van der Waals surface area contributed by atoms with Gasteiger partial charge in [-0.1, -0.05) is 20.8 Å². The Balaban J connectivity index is 2.41. The molecule has 0 saturated carbocycles. The molecule has 1 aromatic rings. The third-order valence-corrected chi connectivity index (χ3v) is 3.41. The number of aryl methyl sites for hydroxylation is 2. The van der Waals surface area contributed by atoms with Crippen molar-refractivity contribution < 1.29 is 4.42 Å². The van der Waals surface area contributed by atoms with Crippen molar-refractivity contribution in [2.24, 2.45) is 10.4 Å². The van der Waals surface area contributed by atoms with Gasteiger partial charge in [0.1, 0.15) is 5.76 Å². The Bertz CT molecular complexity index is 452. The smallest absolute Gasteiger partial charge is 0.214 e. The van der Waals surface area contributed by atoms with Crippen LogP contribution in [0.15, 0.2) is 9.41 Å². The van der Waals surface area contributed by atoms with Crippen LogP contribution in [-0.4, -0.2) is 24.0 Å². The fraction of sp³-hybridized carbons (Fsp3) is 0.750. The van der Waals surface area contributed by atoms with E-state index >= 15 is 0 Å². The van der Waals surface area contributed by atoms with E-state index in [2.05, 4.69) is 48.3 Å². The van der Waals surface area contributed by atoms with Crippen molar-refractivity contribution in [3.05, 3.63) is 17.3 Å². The topological polar surface area (TPSA) is 62.5 Å². The SMILES string of the molecule is CN=C(NCc1nc(C)c(C)o1)NC(C)CCC(C)(C)C. The molecule has 0 fully saturated rings. The predicted octanol–water partition coefficient (Wildman–Crippen LogP) is 3.17. The van der Waals surface area contributed by atoms with Crippen LogP contribution in [0.3, 0.4) is 0 Å². The van der Waals surface area contributed by atoms with Crippen LogP contribution in [0, 0.1) is 19.3 Å². The van der Waals surface area contributed by atoms with E-state index in [9.17, 15) is 0 Å². The summed E-state index contributed by atoms with van der Waals surface area (Å²) in [5, 5.41) is 6.64. The van der Waals surface area contributed by atoms with E-state index in [1.807, 2.05) is 13.8 Å². The normalized spacial score (nSPS) is 14.1. The molecule has 2 N–H and O–H groups in total. The van der Waals surface area contributed by atoms with Crippen molar-refractivity contribution in [3.8, 4) is 0 Å². The second kappa shape index (κ2) is 7.48. The van der Waals surface area contributed by atoms with Crippen LogP contribution >= 0.6 is 0 Å². The lowest BCUT2D eigenvalue weighted by Gasteiger charge is -2.22. The molecule has 0 aliphatic carbocycles. The minimum atomic E-state index is 0.361. The molecule has 5 nitrogen and oxygen atoms in total. The lowest BCUT2D eigenvalue weighted by Crippen LogP contribution is -2.42. The number of hydrogen-bond donors (Lipinski definition) is 2. The molecule has 5 heteroatoms. The maximum Gasteiger partial charge on any atom is 0.214 e. The first-order valence-corrected chi connectivity index (χ1v) is 7.61. The molecular formula is C16H30N4O. The number of aromatic nitrogens is 1. The average molecular weight is 294 g/mol. The summed E-state index contributed by atoms with van der Waals surface area (Å²) in [6.07, 6.45) is 2.29. The first kappa shape index (κ1) is 17.5. The quantitative estimate of drug-likeness (QED) is 0.647. The number of nitrogens with one attached hydrogen (secondary N) is 2. The number of oxazole rings is 1. The highest BCUT2D eigenvalue weighted by Crippen LogP contribution is 2.21. The summed E-state index contributed by atoms with van der Waals surface area (Å²) >= 11 is 0. The summed E-state index contributed by atoms with van der Waals surface area (Å²) in [6.45, 7) is 13.4. The molecule has 0 amide bonds. The molecule has 0 spiro atoms. The molecular weight excluding hydrogens is 264 g/mol. The van der Waals surface area contributed by atoms with E-state index in [1.165, 1.54) is 6.42 Å². The predicted molar refractivity (Wildman–Crippen MR) is 87.5 cm³/mol. The molecule has 21 heavy (non-hydrogen) atoms. The van der Waals surface area contributed by atoms with Crippen molar-refractivity contribution in [2.75, 3.05) is 7.05 Å². The van der Waals surface area contributed by atoms with Crippen LogP contribution in [0.5, 0.6) is 0 Å². The van der Waals surface area contributed by atoms with Gasteiger partial charge in [-0.3, -0.25) is 4.99 Å². The fourth-order valence-electron chi connectivity index (χ4n) is 1.92. The van der Waals surface area contributed by atoms with Gasteiger partial charge in [-0.2, -0.15) is 0 Å². The molecule has 0 aromatic carbocycles. The van der Waals surface area contributed by atoms with Crippen LogP contribution in [0.2, 0.25) is 0 Å². The van der Waals surface area contributed by atoms with E-state index in [0.29, 0.717) is 23.9 Å². The van der Waals surface area contributed by atoms with Crippen molar-refractivity contribution >= 4 is 5.96 Å². The van der Waals surface area contributed by atoms with Crippen LogP contribution in [0.25, 0.3) is 0 Å². The van der Waals surface area contributed by atoms with Gasteiger partial charge < -0.3 is 15.1 Å². The number of rotatable bonds is 5. The van der Waals surface area contributed by atoms with Crippen LogP contribution in [-0.2, 0) is 6.54 Å². The second-order valence-corrected chi connectivity index (χ2v) is 6.82. The molecule has 0 saturated heterocycles. The zero-order valence-corrected chi connectivity index (χ0v) is 14.5. The summed E-state index contributed by atoms with van der Waals surface area (Å²) in [5.74, 6) is 2.34. The van der Waals surface area contributed by atoms with Crippen LogP contribution in [0.1, 0.15) is 57.9 Å². The monoisotopic (exact) mass is 294 g/mol. The average Bonchev–Trinajstić information content (AvgIpc) is 2.70. The Morgan fingerprint density at radius 3 is 2.48 bits per heavy atom. The summed E-state index contributed by atoms with van der Waals surface area (Å²) < 4.78 is 5.55. The number of nitrogens with zero attached hydrogens (tertiary/aromatic N) is 2. The van der Waals surface area contributed by atoms with Gasteiger partial charge in [0.15, 0.2) is 5.96 Å². The third-order valence-electron chi connectivity index (χ3n) is 3.41. The highest BCUT2D eigenvalue weighted by molar-refractivity contribution is 5.79. The van der Waals surface area contributed by atoms with Gasteiger partial charge in [-0.05, 0) is 39.0 Å². The van der Waals surface area contributed by atoms with Gasteiger partial charge in [0.05, 0.1) is 12.2 Å². The van der Waals surface area contributed by atoms with Crippen molar-refractivity contribution in [1.29, 1.82) is 0 Å². The number of guanidine groups is 1. The Kier molecular flexibility index (Phi) is 6.24. The number of hydrogen-bond acceptors (Lipinski definition) is 3. The lowest BCUT2D eigenvalue weighted by molar-refractivity contribution is 0.346. The van der Waals surface area contributed by atoms with Gasteiger partial charge in [0, 0.05) is 13.1 Å². The zero-order valence-electron chi connectivity index (χ0n) is 14.5. The molecule has 0 aliphatic rings. The molecule has 1 unspecified atom stereocenters. The fourth-order valence-corrected chi connectivity index (χ4v) is 1.92. The van der Waals surface area contributed by atoms with E-state index < -0.39 is 0 Å². The summed E-state index contributed by atoms with van der Waals surface area (Å²) in [4.78, 5) is 8.59. The Labute approximate surface area is 128 Å². The van der Waals surface area contributed by atoms with Crippen LogP contribution < -0.4 is 10.6 Å². The molecule has 0 radical (unpaired) electrons. The minimum absolute atomic E-state index is 0.361. The largest absolute Gasteiger partial charge is 0.444 e. The summed E-state index contributed by atoms with van der Waals surface area (Å²) in [6, 6.07) is 0.378.